The van der Waals surface area contributed by atoms with Crippen molar-refractivity contribution < 1.29 is 23.5 Å². The molecule has 1 saturated carbocycles. The zero-order valence-corrected chi connectivity index (χ0v) is 16.8. The van der Waals surface area contributed by atoms with Gasteiger partial charge in [0.25, 0.3) is 11.8 Å². The van der Waals surface area contributed by atoms with Crippen molar-refractivity contribution in [2.24, 2.45) is 5.92 Å². The van der Waals surface area contributed by atoms with Crippen LogP contribution < -0.4 is 5.32 Å². The number of furan rings is 1. The van der Waals surface area contributed by atoms with E-state index in [0.29, 0.717) is 23.2 Å². The Labute approximate surface area is 175 Å². The molecule has 0 unspecified atom stereocenters. The van der Waals surface area contributed by atoms with Gasteiger partial charge in [-0.05, 0) is 68.0 Å². The van der Waals surface area contributed by atoms with Crippen molar-refractivity contribution in [3.05, 3.63) is 54.0 Å². The average Bonchev–Trinajstić information content (AvgIpc) is 3.32. The maximum Gasteiger partial charge on any atom is 0.338 e. The van der Waals surface area contributed by atoms with Crippen molar-refractivity contribution in [2.75, 3.05) is 18.5 Å². The number of carbonyl (C=O) groups excluding carboxylic acids is 3. The van der Waals surface area contributed by atoms with Crippen LogP contribution in [0.1, 0.15) is 59.4 Å². The number of anilines is 1. The molecular formula is C23H26N2O5. The monoisotopic (exact) mass is 410 g/mol. The van der Waals surface area contributed by atoms with E-state index in [1.165, 1.54) is 25.5 Å². The number of benzene rings is 1. The highest BCUT2D eigenvalue weighted by atomic mass is 16.5. The second-order valence-electron chi connectivity index (χ2n) is 7.93. The van der Waals surface area contributed by atoms with E-state index >= 15 is 0 Å². The van der Waals surface area contributed by atoms with E-state index in [1.807, 2.05) is 4.90 Å². The second-order valence-corrected chi connectivity index (χ2v) is 7.93. The molecule has 0 radical (unpaired) electrons. The lowest BCUT2D eigenvalue weighted by atomic mass is 9.78. The summed E-state index contributed by atoms with van der Waals surface area (Å²) in [6.07, 6.45) is 8.28. The van der Waals surface area contributed by atoms with Crippen LogP contribution in [0, 0.1) is 5.92 Å². The number of carbonyl (C=O) groups is 3. The van der Waals surface area contributed by atoms with Crippen molar-refractivity contribution >= 4 is 23.5 Å². The molecule has 158 valence electrons. The molecule has 2 atom stereocenters. The summed E-state index contributed by atoms with van der Waals surface area (Å²) in [6, 6.07) is 9.83. The molecule has 1 saturated heterocycles. The van der Waals surface area contributed by atoms with Gasteiger partial charge in [-0.3, -0.25) is 9.59 Å². The maximum absolute atomic E-state index is 12.7. The highest BCUT2D eigenvalue weighted by molar-refractivity contribution is 6.02. The second kappa shape index (κ2) is 9.15. The lowest BCUT2D eigenvalue weighted by Crippen LogP contribution is -2.50. The molecule has 4 rings (SSSR count). The van der Waals surface area contributed by atoms with E-state index in [4.69, 9.17) is 9.15 Å². The number of likely N-dealkylation sites (tertiary alicyclic amines) is 1. The summed E-state index contributed by atoms with van der Waals surface area (Å²) >= 11 is 0. The van der Waals surface area contributed by atoms with Crippen LogP contribution in [0.4, 0.5) is 5.69 Å². The molecule has 7 nitrogen and oxygen atoms in total. The molecule has 1 aliphatic carbocycles. The minimum absolute atomic E-state index is 0.109. The quantitative estimate of drug-likeness (QED) is 0.756. The summed E-state index contributed by atoms with van der Waals surface area (Å²) in [5.41, 5.74) is 0.855. The molecule has 1 aromatic heterocycles. The van der Waals surface area contributed by atoms with Crippen LogP contribution in [-0.4, -0.2) is 41.9 Å². The summed E-state index contributed by atoms with van der Waals surface area (Å²) < 4.78 is 10.3. The number of esters is 1. The third-order valence-electron chi connectivity index (χ3n) is 6.01. The van der Waals surface area contributed by atoms with Crippen molar-refractivity contribution in [1.82, 2.24) is 4.90 Å². The molecular weight excluding hydrogens is 384 g/mol. The number of fused-ring (bicyclic) bond motifs is 1. The fourth-order valence-electron chi connectivity index (χ4n) is 4.52. The van der Waals surface area contributed by atoms with Crippen molar-refractivity contribution in [1.29, 1.82) is 0 Å². The third-order valence-corrected chi connectivity index (χ3v) is 6.01. The summed E-state index contributed by atoms with van der Waals surface area (Å²) in [5.74, 6) is -0.235. The molecule has 0 bridgehead atoms. The minimum atomic E-state index is -0.551. The van der Waals surface area contributed by atoms with E-state index in [0.717, 1.165) is 25.8 Å². The summed E-state index contributed by atoms with van der Waals surface area (Å²) in [4.78, 5) is 38.9. The molecule has 2 aliphatic rings. The summed E-state index contributed by atoms with van der Waals surface area (Å²) in [7, 11) is 0. The van der Waals surface area contributed by atoms with Crippen molar-refractivity contribution in [2.45, 2.75) is 44.6 Å². The lowest BCUT2D eigenvalue weighted by molar-refractivity contribution is -0.140. The van der Waals surface area contributed by atoms with Gasteiger partial charge in [-0.1, -0.05) is 12.8 Å². The molecule has 2 fully saturated rings. The number of piperidine rings is 1. The summed E-state index contributed by atoms with van der Waals surface area (Å²) in [5, 5.41) is 2.68. The van der Waals surface area contributed by atoms with Crippen LogP contribution in [-0.2, 0) is 9.53 Å². The Kier molecular flexibility index (Phi) is 6.16. The third kappa shape index (κ3) is 4.56. The predicted molar refractivity (Wildman–Crippen MR) is 110 cm³/mol. The standard InChI is InChI=1S/C23H26N2O5/c26-21(25-13-3-6-16-5-1-2-7-19(16)25)15-30-23(28)17-9-11-18(12-10-17)24-22(27)20-8-4-14-29-20/h4,8-12,14,16,19H,1-3,5-7,13,15H2,(H,24,27)/t16-,19+/m0/s1. The Balaban J connectivity index is 1.29. The first-order chi connectivity index (χ1) is 14.6. The Morgan fingerprint density at radius 3 is 2.57 bits per heavy atom. The van der Waals surface area contributed by atoms with E-state index in [-0.39, 0.29) is 24.2 Å². The number of hydrogen-bond donors (Lipinski definition) is 1. The number of nitrogens with zero attached hydrogens (tertiary/aromatic N) is 1. The first-order valence-electron chi connectivity index (χ1n) is 10.5. The van der Waals surface area contributed by atoms with Crippen LogP contribution in [0.15, 0.2) is 47.1 Å². The van der Waals surface area contributed by atoms with Gasteiger partial charge in [-0.15, -0.1) is 0 Å². The number of rotatable bonds is 5. The SMILES string of the molecule is O=C(OCC(=O)N1CCC[C@@H]2CCCC[C@H]21)c1ccc(NC(=O)c2ccco2)cc1. The van der Waals surface area contributed by atoms with E-state index < -0.39 is 5.97 Å². The Morgan fingerprint density at radius 2 is 1.80 bits per heavy atom. The topological polar surface area (TPSA) is 88.9 Å². The highest BCUT2D eigenvalue weighted by Gasteiger charge is 2.35. The minimum Gasteiger partial charge on any atom is -0.459 e. The molecule has 1 aliphatic heterocycles. The normalized spacial score (nSPS) is 20.9. The molecule has 0 spiro atoms. The lowest BCUT2D eigenvalue weighted by Gasteiger charge is -2.44. The smallest absolute Gasteiger partial charge is 0.338 e. The first-order valence-corrected chi connectivity index (χ1v) is 10.5. The van der Waals surface area contributed by atoms with E-state index in [2.05, 4.69) is 5.32 Å². The zero-order chi connectivity index (χ0) is 20.9. The van der Waals surface area contributed by atoms with Crippen LogP contribution >= 0.6 is 0 Å². The fraction of sp³-hybridized carbons (Fsp3) is 0.435. The van der Waals surface area contributed by atoms with Gasteiger partial charge in [0.15, 0.2) is 12.4 Å². The van der Waals surface area contributed by atoms with E-state index in [9.17, 15) is 14.4 Å². The molecule has 2 amide bonds. The maximum atomic E-state index is 12.7. The number of nitrogens with one attached hydrogen (secondary N) is 1. The van der Waals surface area contributed by atoms with Gasteiger partial charge in [0.1, 0.15) is 0 Å². The molecule has 30 heavy (non-hydrogen) atoms. The Hall–Kier alpha value is -3.09. The number of amides is 2. The number of hydrogen-bond acceptors (Lipinski definition) is 5. The van der Waals surface area contributed by atoms with Gasteiger partial charge in [0.2, 0.25) is 0 Å². The van der Waals surface area contributed by atoms with Crippen LogP contribution in [0.2, 0.25) is 0 Å². The largest absolute Gasteiger partial charge is 0.459 e. The van der Waals surface area contributed by atoms with Crippen LogP contribution in [0.5, 0.6) is 0 Å². The van der Waals surface area contributed by atoms with Gasteiger partial charge in [-0.25, -0.2) is 4.79 Å². The van der Waals surface area contributed by atoms with Crippen molar-refractivity contribution in [3.8, 4) is 0 Å². The van der Waals surface area contributed by atoms with Gasteiger partial charge in [0, 0.05) is 18.3 Å². The van der Waals surface area contributed by atoms with Crippen molar-refractivity contribution in [3.63, 3.8) is 0 Å². The average molecular weight is 410 g/mol. The zero-order valence-electron chi connectivity index (χ0n) is 16.8. The summed E-state index contributed by atoms with van der Waals surface area (Å²) in [6.45, 7) is 0.515. The molecule has 2 aromatic rings. The molecule has 1 aromatic carbocycles. The predicted octanol–water partition coefficient (Wildman–Crippen LogP) is 3.87. The van der Waals surface area contributed by atoms with Gasteiger partial charge >= 0.3 is 5.97 Å². The fourth-order valence-corrected chi connectivity index (χ4v) is 4.52. The molecule has 1 N–H and O–H groups in total. The molecule has 2 heterocycles. The first kappa shape index (κ1) is 20.2. The van der Waals surface area contributed by atoms with Gasteiger partial charge in [0.05, 0.1) is 11.8 Å². The van der Waals surface area contributed by atoms with Crippen LogP contribution in [0.3, 0.4) is 0 Å². The van der Waals surface area contributed by atoms with Gasteiger partial charge in [-0.2, -0.15) is 0 Å². The number of ether oxygens (including phenoxy) is 1. The van der Waals surface area contributed by atoms with Crippen LogP contribution in [0.25, 0.3) is 0 Å². The highest BCUT2D eigenvalue weighted by Crippen LogP contribution is 2.35. The van der Waals surface area contributed by atoms with E-state index in [1.54, 1.807) is 36.4 Å². The Morgan fingerprint density at radius 1 is 1.03 bits per heavy atom. The Bertz CT molecular complexity index is 889. The molecule has 7 heteroatoms. The van der Waals surface area contributed by atoms with Gasteiger partial charge < -0.3 is 19.4 Å².